The van der Waals surface area contributed by atoms with Crippen molar-refractivity contribution in [3.8, 4) is 0 Å². The molecule has 3 aromatic heterocycles. The van der Waals surface area contributed by atoms with Crippen LogP contribution in [0.5, 0.6) is 0 Å². The summed E-state index contributed by atoms with van der Waals surface area (Å²) in [4.78, 5) is 33.6. The number of hydrogen-bond acceptors (Lipinski definition) is 5. The van der Waals surface area contributed by atoms with Gasteiger partial charge in [0, 0.05) is 35.6 Å². The molecule has 1 saturated carbocycles. The van der Waals surface area contributed by atoms with Gasteiger partial charge in [0.15, 0.2) is 11.3 Å². The summed E-state index contributed by atoms with van der Waals surface area (Å²) in [6.07, 6.45) is 5.97. The van der Waals surface area contributed by atoms with Crippen molar-refractivity contribution in [2.75, 3.05) is 5.32 Å². The maximum absolute atomic E-state index is 12.7. The van der Waals surface area contributed by atoms with Crippen molar-refractivity contribution >= 4 is 34.7 Å². The highest BCUT2D eigenvalue weighted by atomic mass is 35.5. The van der Waals surface area contributed by atoms with Gasteiger partial charge in [0.05, 0.1) is 16.9 Å². The maximum Gasteiger partial charge on any atom is 0.272 e. The van der Waals surface area contributed by atoms with E-state index in [2.05, 4.69) is 25.7 Å². The Kier molecular flexibility index (Phi) is 5.67. The summed E-state index contributed by atoms with van der Waals surface area (Å²) in [6.45, 7) is 3.85. The number of halogens is 1. The number of nitrogens with one attached hydrogen (secondary N) is 2. The molecule has 3 heterocycles. The highest BCUT2D eigenvalue weighted by Crippen LogP contribution is 2.27. The van der Waals surface area contributed by atoms with Gasteiger partial charge in [-0.1, -0.05) is 11.6 Å². The second kappa shape index (κ2) is 8.39. The fraction of sp³-hybridized carbons (Fsp3) is 0.381. The molecule has 1 aliphatic rings. The van der Waals surface area contributed by atoms with Gasteiger partial charge in [0.2, 0.25) is 5.91 Å². The van der Waals surface area contributed by atoms with Crippen molar-refractivity contribution in [2.24, 2.45) is 5.92 Å². The molecule has 0 aliphatic heterocycles. The SMILES string of the molecule is Cc1cc(C)n2nc(C(=O)NC3CCC(C(=O)Nc4cnccc4Cl)CC3)cc2n1. The molecular formula is C21H23ClN6O2. The zero-order valence-electron chi connectivity index (χ0n) is 16.9. The average molecular weight is 427 g/mol. The zero-order valence-corrected chi connectivity index (χ0v) is 17.6. The van der Waals surface area contributed by atoms with Crippen LogP contribution in [-0.4, -0.2) is 37.4 Å². The van der Waals surface area contributed by atoms with E-state index in [1.807, 2.05) is 19.9 Å². The summed E-state index contributed by atoms with van der Waals surface area (Å²) in [7, 11) is 0. The number of fused-ring (bicyclic) bond motifs is 1. The third-order valence-corrected chi connectivity index (χ3v) is 5.75. The molecule has 3 aromatic rings. The Hall–Kier alpha value is -3.00. The van der Waals surface area contributed by atoms with E-state index in [-0.39, 0.29) is 23.8 Å². The third-order valence-electron chi connectivity index (χ3n) is 5.42. The molecule has 0 saturated heterocycles. The highest BCUT2D eigenvalue weighted by molar-refractivity contribution is 6.33. The molecule has 0 aromatic carbocycles. The largest absolute Gasteiger partial charge is 0.348 e. The maximum atomic E-state index is 12.7. The number of carbonyl (C=O) groups is 2. The van der Waals surface area contributed by atoms with E-state index in [9.17, 15) is 9.59 Å². The molecule has 1 aliphatic carbocycles. The lowest BCUT2D eigenvalue weighted by molar-refractivity contribution is -0.120. The van der Waals surface area contributed by atoms with Crippen LogP contribution in [0.1, 0.15) is 47.6 Å². The van der Waals surface area contributed by atoms with E-state index in [0.717, 1.165) is 24.2 Å². The number of rotatable bonds is 4. The summed E-state index contributed by atoms with van der Waals surface area (Å²) in [6, 6.07) is 5.28. The van der Waals surface area contributed by atoms with Crippen LogP contribution < -0.4 is 10.6 Å². The van der Waals surface area contributed by atoms with Gasteiger partial charge in [0.25, 0.3) is 5.91 Å². The predicted octanol–water partition coefficient (Wildman–Crippen LogP) is 3.32. The summed E-state index contributed by atoms with van der Waals surface area (Å²) in [5.74, 6) is -0.390. The Bertz CT molecular complexity index is 1100. The summed E-state index contributed by atoms with van der Waals surface area (Å²) in [5, 5.41) is 10.7. The number of amides is 2. The number of anilines is 1. The molecule has 0 unspecified atom stereocenters. The first-order chi connectivity index (χ1) is 14.4. The van der Waals surface area contributed by atoms with Gasteiger partial charge in [-0.05, 0) is 51.7 Å². The van der Waals surface area contributed by atoms with Crippen LogP contribution in [0, 0.1) is 19.8 Å². The van der Waals surface area contributed by atoms with Gasteiger partial charge >= 0.3 is 0 Å². The number of carbonyl (C=O) groups excluding carboxylic acids is 2. The second-order valence-corrected chi connectivity index (χ2v) is 8.11. The molecule has 0 radical (unpaired) electrons. The molecule has 0 spiro atoms. The van der Waals surface area contributed by atoms with Crippen LogP contribution in [-0.2, 0) is 4.79 Å². The van der Waals surface area contributed by atoms with Gasteiger partial charge in [-0.2, -0.15) is 5.10 Å². The Balaban J connectivity index is 1.33. The lowest BCUT2D eigenvalue weighted by Gasteiger charge is -2.28. The Labute approximate surface area is 179 Å². The van der Waals surface area contributed by atoms with E-state index >= 15 is 0 Å². The minimum Gasteiger partial charge on any atom is -0.348 e. The molecule has 2 N–H and O–H groups in total. The monoisotopic (exact) mass is 426 g/mol. The van der Waals surface area contributed by atoms with Crippen LogP contribution in [0.4, 0.5) is 5.69 Å². The number of hydrogen-bond donors (Lipinski definition) is 2. The summed E-state index contributed by atoms with van der Waals surface area (Å²) in [5.41, 5.74) is 3.34. The van der Waals surface area contributed by atoms with Crippen LogP contribution in [0.25, 0.3) is 5.65 Å². The first-order valence-corrected chi connectivity index (χ1v) is 10.3. The Morgan fingerprint density at radius 3 is 2.67 bits per heavy atom. The minimum atomic E-state index is -0.215. The van der Waals surface area contributed by atoms with Crippen molar-refractivity contribution in [3.63, 3.8) is 0 Å². The van der Waals surface area contributed by atoms with E-state index < -0.39 is 0 Å². The normalized spacial score (nSPS) is 18.9. The van der Waals surface area contributed by atoms with Crippen molar-refractivity contribution < 1.29 is 9.59 Å². The van der Waals surface area contributed by atoms with E-state index in [1.165, 1.54) is 0 Å². The van der Waals surface area contributed by atoms with E-state index in [4.69, 9.17) is 11.6 Å². The molecule has 0 bridgehead atoms. The molecule has 30 heavy (non-hydrogen) atoms. The fourth-order valence-electron chi connectivity index (χ4n) is 3.86. The number of aryl methyl sites for hydroxylation is 2. The smallest absolute Gasteiger partial charge is 0.272 e. The van der Waals surface area contributed by atoms with Gasteiger partial charge in [-0.25, -0.2) is 9.50 Å². The van der Waals surface area contributed by atoms with Crippen LogP contribution in [0.3, 0.4) is 0 Å². The van der Waals surface area contributed by atoms with Gasteiger partial charge in [0.1, 0.15) is 0 Å². The van der Waals surface area contributed by atoms with Gasteiger partial charge < -0.3 is 10.6 Å². The minimum absolute atomic E-state index is 0.0177. The predicted molar refractivity (Wildman–Crippen MR) is 114 cm³/mol. The molecule has 4 rings (SSSR count). The van der Waals surface area contributed by atoms with Crippen LogP contribution in [0.2, 0.25) is 5.02 Å². The van der Waals surface area contributed by atoms with Crippen molar-refractivity contribution in [2.45, 2.75) is 45.6 Å². The molecular weight excluding hydrogens is 404 g/mol. The third kappa shape index (κ3) is 4.28. The Morgan fingerprint density at radius 1 is 1.17 bits per heavy atom. The van der Waals surface area contributed by atoms with E-state index in [1.54, 1.807) is 29.0 Å². The molecule has 9 heteroatoms. The van der Waals surface area contributed by atoms with E-state index in [0.29, 0.717) is 34.9 Å². The fourth-order valence-corrected chi connectivity index (χ4v) is 4.01. The summed E-state index contributed by atoms with van der Waals surface area (Å²) < 4.78 is 1.67. The molecule has 2 amide bonds. The Morgan fingerprint density at radius 2 is 1.93 bits per heavy atom. The lowest BCUT2D eigenvalue weighted by atomic mass is 9.85. The number of aromatic nitrogens is 4. The quantitative estimate of drug-likeness (QED) is 0.666. The van der Waals surface area contributed by atoms with Crippen molar-refractivity contribution in [1.29, 1.82) is 0 Å². The second-order valence-electron chi connectivity index (χ2n) is 7.71. The number of pyridine rings is 1. The van der Waals surface area contributed by atoms with Crippen molar-refractivity contribution in [1.82, 2.24) is 24.9 Å². The molecule has 0 atom stereocenters. The average Bonchev–Trinajstić information content (AvgIpc) is 3.15. The van der Waals surface area contributed by atoms with Crippen LogP contribution >= 0.6 is 11.6 Å². The summed E-state index contributed by atoms with van der Waals surface area (Å²) >= 11 is 6.08. The first kappa shape index (κ1) is 20.3. The lowest BCUT2D eigenvalue weighted by Crippen LogP contribution is -2.39. The molecule has 156 valence electrons. The van der Waals surface area contributed by atoms with Gasteiger partial charge in [-0.3, -0.25) is 14.6 Å². The molecule has 8 nitrogen and oxygen atoms in total. The van der Waals surface area contributed by atoms with Gasteiger partial charge in [-0.15, -0.1) is 0 Å². The zero-order chi connectivity index (χ0) is 21.3. The standard InChI is InChI=1S/C21H23ClN6O2/c1-12-9-13(2)28-19(24-12)10-17(27-28)21(30)25-15-5-3-14(4-6-15)20(29)26-18-11-23-8-7-16(18)22/h7-11,14-15H,3-6H2,1-2H3,(H,25,30)(H,26,29). The molecule has 1 fully saturated rings. The van der Waals surface area contributed by atoms with Crippen LogP contribution in [0.15, 0.2) is 30.6 Å². The van der Waals surface area contributed by atoms with Crippen molar-refractivity contribution in [3.05, 3.63) is 52.7 Å². The number of nitrogens with zero attached hydrogens (tertiary/aromatic N) is 4. The first-order valence-electron chi connectivity index (χ1n) is 9.96. The topological polar surface area (TPSA) is 101 Å². The highest BCUT2D eigenvalue weighted by Gasteiger charge is 2.28.